The molecule has 1 heterocycles. The highest BCUT2D eigenvalue weighted by molar-refractivity contribution is 6.03. The van der Waals surface area contributed by atoms with Gasteiger partial charge < -0.3 is 9.47 Å². The van der Waals surface area contributed by atoms with Crippen LogP contribution >= 0.6 is 0 Å². The highest BCUT2D eigenvalue weighted by Gasteiger charge is 2.21. The number of hydrogen-bond acceptors (Lipinski definition) is 7. The van der Waals surface area contributed by atoms with Crippen LogP contribution in [-0.2, 0) is 0 Å². The van der Waals surface area contributed by atoms with Crippen LogP contribution in [0.3, 0.4) is 0 Å². The lowest BCUT2D eigenvalue weighted by molar-refractivity contribution is -0.385. The predicted molar refractivity (Wildman–Crippen MR) is 92.1 cm³/mol. The number of aromatic nitrogens is 2. The highest BCUT2D eigenvalue weighted by atomic mass is 16.6. The van der Waals surface area contributed by atoms with E-state index in [9.17, 15) is 20.2 Å². The summed E-state index contributed by atoms with van der Waals surface area (Å²) in [5, 5.41) is 24.8. The van der Waals surface area contributed by atoms with Gasteiger partial charge in [-0.15, -0.1) is 0 Å². The minimum Gasteiger partial charge on any atom is -0.493 e. The van der Waals surface area contributed by atoms with Crippen LogP contribution in [0.15, 0.2) is 23.8 Å². The fourth-order valence-electron chi connectivity index (χ4n) is 2.40. The van der Waals surface area contributed by atoms with E-state index in [4.69, 9.17) is 9.47 Å². The molecule has 0 bridgehead atoms. The molecule has 0 spiro atoms. The van der Waals surface area contributed by atoms with Gasteiger partial charge in [0.25, 0.3) is 11.6 Å². The van der Waals surface area contributed by atoms with Gasteiger partial charge in [-0.05, 0) is 32.1 Å². The van der Waals surface area contributed by atoms with Crippen molar-refractivity contribution in [1.82, 2.24) is 9.78 Å². The van der Waals surface area contributed by atoms with E-state index in [-0.39, 0.29) is 28.3 Å². The number of allylic oxidation sites excluding steroid dienone is 1. The van der Waals surface area contributed by atoms with Crippen LogP contribution in [0, 0.1) is 35.3 Å². The molecule has 9 nitrogen and oxygen atoms in total. The summed E-state index contributed by atoms with van der Waals surface area (Å²) in [4.78, 5) is 23.3. The average Bonchev–Trinajstić information content (AvgIpc) is 2.96. The summed E-state index contributed by atoms with van der Waals surface area (Å²) in [5.74, 6) is -0.276. The number of benzene rings is 1. The first-order valence-electron chi connectivity index (χ1n) is 7.42. The van der Waals surface area contributed by atoms with Crippen molar-refractivity contribution in [1.29, 1.82) is 5.26 Å². The van der Waals surface area contributed by atoms with E-state index in [0.29, 0.717) is 11.4 Å². The molecule has 1 aromatic heterocycles. The summed E-state index contributed by atoms with van der Waals surface area (Å²) >= 11 is 0. The third-order valence-electron chi connectivity index (χ3n) is 3.58. The lowest BCUT2D eigenvalue weighted by atomic mass is 10.1. The number of ether oxygens (including phenoxy) is 2. The largest absolute Gasteiger partial charge is 0.493 e. The van der Waals surface area contributed by atoms with Gasteiger partial charge in [0, 0.05) is 5.69 Å². The summed E-state index contributed by atoms with van der Waals surface area (Å²) in [6.07, 6.45) is 1.14. The molecule has 0 fully saturated rings. The molecule has 1 aromatic carbocycles. The van der Waals surface area contributed by atoms with Gasteiger partial charge in [-0.25, -0.2) is 4.68 Å². The molecule has 26 heavy (non-hydrogen) atoms. The summed E-state index contributed by atoms with van der Waals surface area (Å²) in [6.45, 7) is 3.39. The van der Waals surface area contributed by atoms with Gasteiger partial charge in [-0.2, -0.15) is 10.4 Å². The standard InChI is InChI=1S/C17H16N4O5/c1-10-5-11(2)20(19-10)17(22)13(9-18)6-12-7-15(25-3)16(26-4)8-14(12)21(23)24/h5-8H,1-4H3/b13-6+. The number of aryl methyl sites for hydroxylation is 2. The maximum Gasteiger partial charge on any atom is 0.289 e. The number of nitriles is 1. The Morgan fingerprint density at radius 3 is 2.35 bits per heavy atom. The summed E-state index contributed by atoms with van der Waals surface area (Å²) in [7, 11) is 2.73. The molecule has 0 atom stereocenters. The van der Waals surface area contributed by atoms with Gasteiger partial charge in [-0.3, -0.25) is 14.9 Å². The normalized spacial score (nSPS) is 11.0. The Morgan fingerprint density at radius 1 is 1.27 bits per heavy atom. The molecule has 0 saturated heterocycles. The highest BCUT2D eigenvalue weighted by Crippen LogP contribution is 2.35. The van der Waals surface area contributed by atoms with Crippen molar-refractivity contribution in [3.8, 4) is 17.6 Å². The third kappa shape index (κ3) is 3.54. The number of carbonyl (C=O) groups is 1. The molecule has 0 aliphatic carbocycles. The molecule has 134 valence electrons. The quantitative estimate of drug-likeness (QED) is 0.349. The van der Waals surface area contributed by atoms with E-state index in [2.05, 4.69) is 5.10 Å². The van der Waals surface area contributed by atoms with Crippen LogP contribution in [0.25, 0.3) is 6.08 Å². The average molecular weight is 356 g/mol. The molecule has 2 rings (SSSR count). The number of hydrogen-bond donors (Lipinski definition) is 0. The van der Waals surface area contributed by atoms with E-state index < -0.39 is 10.8 Å². The summed E-state index contributed by atoms with van der Waals surface area (Å²) < 4.78 is 11.3. The second kappa shape index (κ2) is 7.48. The Morgan fingerprint density at radius 2 is 1.88 bits per heavy atom. The fraction of sp³-hybridized carbons (Fsp3) is 0.235. The van der Waals surface area contributed by atoms with Crippen molar-refractivity contribution in [2.75, 3.05) is 14.2 Å². The van der Waals surface area contributed by atoms with Crippen LogP contribution in [0.2, 0.25) is 0 Å². The lowest BCUT2D eigenvalue weighted by Gasteiger charge is -2.09. The van der Waals surface area contributed by atoms with Crippen molar-refractivity contribution in [2.45, 2.75) is 13.8 Å². The Bertz CT molecular complexity index is 953. The van der Waals surface area contributed by atoms with Crippen LogP contribution in [-0.4, -0.2) is 34.8 Å². The Labute approximate surface area is 149 Å². The van der Waals surface area contributed by atoms with Crippen LogP contribution in [0.5, 0.6) is 11.5 Å². The first-order valence-corrected chi connectivity index (χ1v) is 7.42. The summed E-state index contributed by atoms with van der Waals surface area (Å²) in [5.41, 5.74) is 0.586. The number of methoxy groups -OCH3 is 2. The van der Waals surface area contributed by atoms with Gasteiger partial charge >= 0.3 is 0 Å². The molecule has 0 unspecified atom stereocenters. The van der Waals surface area contributed by atoms with Crippen molar-refractivity contribution >= 4 is 17.7 Å². The molecule has 9 heteroatoms. The SMILES string of the molecule is COc1cc(/C=C(\C#N)C(=O)n2nc(C)cc2C)c([N+](=O)[O-])cc1OC. The van der Waals surface area contributed by atoms with Gasteiger partial charge in [0.2, 0.25) is 0 Å². The monoisotopic (exact) mass is 356 g/mol. The predicted octanol–water partition coefficient (Wildman–Crippen LogP) is 2.67. The van der Waals surface area contributed by atoms with Gasteiger partial charge in [0.15, 0.2) is 11.5 Å². The number of nitro benzene ring substituents is 1. The lowest BCUT2D eigenvalue weighted by Crippen LogP contribution is -2.15. The van der Waals surface area contributed by atoms with Gasteiger partial charge in [0.1, 0.15) is 11.6 Å². The zero-order valence-electron chi connectivity index (χ0n) is 14.6. The molecule has 2 aromatic rings. The van der Waals surface area contributed by atoms with Gasteiger partial charge in [0.05, 0.1) is 36.5 Å². The van der Waals surface area contributed by atoms with E-state index in [1.54, 1.807) is 26.0 Å². The molecule has 0 N–H and O–H groups in total. The van der Waals surface area contributed by atoms with Crippen LogP contribution in [0.4, 0.5) is 5.69 Å². The molecule has 0 amide bonds. The molecular weight excluding hydrogens is 340 g/mol. The van der Waals surface area contributed by atoms with E-state index in [1.807, 2.05) is 0 Å². The van der Waals surface area contributed by atoms with E-state index in [0.717, 1.165) is 10.8 Å². The third-order valence-corrected chi connectivity index (χ3v) is 3.58. The maximum atomic E-state index is 12.6. The number of nitrogens with zero attached hydrogens (tertiary/aromatic N) is 4. The molecule has 0 saturated carbocycles. The maximum absolute atomic E-state index is 12.6. The van der Waals surface area contributed by atoms with Crippen LogP contribution in [0.1, 0.15) is 21.7 Å². The van der Waals surface area contributed by atoms with Crippen LogP contribution < -0.4 is 9.47 Å². The second-order valence-corrected chi connectivity index (χ2v) is 5.34. The molecule has 0 aliphatic rings. The molecule has 0 radical (unpaired) electrons. The smallest absolute Gasteiger partial charge is 0.289 e. The number of nitro groups is 1. The molecular formula is C17H16N4O5. The first-order chi connectivity index (χ1) is 12.3. The first kappa shape index (κ1) is 18.7. The second-order valence-electron chi connectivity index (χ2n) is 5.34. The molecule has 0 aliphatic heterocycles. The number of carbonyl (C=O) groups excluding carboxylic acids is 1. The van der Waals surface area contributed by atoms with Crippen molar-refractivity contribution in [3.63, 3.8) is 0 Å². The number of rotatable bonds is 5. The fourth-order valence-corrected chi connectivity index (χ4v) is 2.40. The zero-order valence-corrected chi connectivity index (χ0v) is 14.6. The van der Waals surface area contributed by atoms with Crippen molar-refractivity contribution in [2.24, 2.45) is 0 Å². The minimum atomic E-state index is -0.679. The summed E-state index contributed by atoms with van der Waals surface area (Å²) in [6, 6.07) is 5.97. The zero-order chi connectivity index (χ0) is 19.4. The van der Waals surface area contributed by atoms with E-state index >= 15 is 0 Å². The topological polar surface area (TPSA) is 120 Å². The van der Waals surface area contributed by atoms with Gasteiger partial charge in [-0.1, -0.05) is 0 Å². The van der Waals surface area contributed by atoms with Crippen molar-refractivity contribution in [3.05, 3.63) is 50.8 Å². The Balaban J connectivity index is 2.61. The van der Waals surface area contributed by atoms with Crippen molar-refractivity contribution < 1.29 is 19.2 Å². The Hall–Kier alpha value is -3.67. The minimum absolute atomic E-state index is 0.0408. The Kier molecular flexibility index (Phi) is 5.37. The van der Waals surface area contributed by atoms with E-state index in [1.165, 1.54) is 26.4 Å².